The molecule has 0 aromatic carbocycles. The van der Waals surface area contributed by atoms with E-state index < -0.39 is 0 Å². The van der Waals surface area contributed by atoms with E-state index in [1.807, 2.05) is 17.9 Å². The lowest BCUT2D eigenvalue weighted by molar-refractivity contribution is 0.607. The number of nitrogens with zero attached hydrogens (tertiary/aromatic N) is 2. The zero-order valence-electron chi connectivity index (χ0n) is 7.16. The summed E-state index contributed by atoms with van der Waals surface area (Å²) in [5.74, 6) is 0. The molecule has 2 heterocycles. The second-order valence-electron chi connectivity index (χ2n) is 3.06. The van der Waals surface area contributed by atoms with Crippen LogP contribution >= 0.6 is 12.4 Å². The quantitative estimate of drug-likeness (QED) is 0.718. The molecule has 1 aliphatic rings. The summed E-state index contributed by atoms with van der Waals surface area (Å²) in [7, 11) is 1.96. The van der Waals surface area contributed by atoms with Gasteiger partial charge in [0.25, 0.3) is 0 Å². The van der Waals surface area contributed by atoms with Crippen molar-refractivity contribution in [3.63, 3.8) is 0 Å². The standard InChI is InChI=1S/C8H13N3.ClH/c1-11-6-4-8(10-11)7-3-2-5-9-7;/h4,6-7,9H,2-3,5H2,1H3;1H. The predicted molar refractivity (Wildman–Crippen MR) is 50.4 cm³/mol. The van der Waals surface area contributed by atoms with Crippen molar-refractivity contribution < 1.29 is 0 Å². The van der Waals surface area contributed by atoms with E-state index in [0.29, 0.717) is 6.04 Å². The first kappa shape index (κ1) is 9.55. The van der Waals surface area contributed by atoms with Crippen molar-refractivity contribution in [2.45, 2.75) is 18.9 Å². The van der Waals surface area contributed by atoms with E-state index in [1.54, 1.807) is 0 Å². The SMILES string of the molecule is Cl.Cn1ccc(C2CCCN2)n1. The normalized spacial score (nSPS) is 22.2. The summed E-state index contributed by atoms with van der Waals surface area (Å²) in [6.07, 6.45) is 4.51. The van der Waals surface area contributed by atoms with Crippen LogP contribution in [0.1, 0.15) is 24.6 Å². The van der Waals surface area contributed by atoms with Crippen LogP contribution in [-0.2, 0) is 7.05 Å². The fourth-order valence-corrected chi connectivity index (χ4v) is 1.56. The fourth-order valence-electron chi connectivity index (χ4n) is 1.56. The highest BCUT2D eigenvalue weighted by Crippen LogP contribution is 2.20. The van der Waals surface area contributed by atoms with Gasteiger partial charge in [0, 0.05) is 13.2 Å². The highest BCUT2D eigenvalue weighted by Gasteiger charge is 2.17. The minimum absolute atomic E-state index is 0. The van der Waals surface area contributed by atoms with Gasteiger partial charge in [0.15, 0.2) is 0 Å². The Bertz CT molecular complexity index is 240. The Morgan fingerprint density at radius 1 is 1.67 bits per heavy atom. The molecule has 4 heteroatoms. The molecule has 1 atom stereocenters. The minimum Gasteiger partial charge on any atom is -0.309 e. The van der Waals surface area contributed by atoms with Gasteiger partial charge in [-0.15, -0.1) is 12.4 Å². The molecule has 68 valence electrons. The summed E-state index contributed by atoms with van der Waals surface area (Å²) in [6, 6.07) is 2.60. The number of aromatic nitrogens is 2. The van der Waals surface area contributed by atoms with Crippen molar-refractivity contribution in [3.05, 3.63) is 18.0 Å². The van der Waals surface area contributed by atoms with Crippen LogP contribution < -0.4 is 5.32 Å². The van der Waals surface area contributed by atoms with Gasteiger partial charge in [-0.05, 0) is 25.5 Å². The first-order valence-corrected chi connectivity index (χ1v) is 4.09. The van der Waals surface area contributed by atoms with E-state index >= 15 is 0 Å². The Morgan fingerprint density at radius 3 is 3.00 bits per heavy atom. The maximum atomic E-state index is 4.35. The van der Waals surface area contributed by atoms with Crippen LogP contribution in [0.25, 0.3) is 0 Å². The van der Waals surface area contributed by atoms with Crippen LogP contribution in [0.5, 0.6) is 0 Å². The van der Waals surface area contributed by atoms with Gasteiger partial charge in [-0.1, -0.05) is 0 Å². The van der Waals surface area contributed by atoms with Gasteiger partial charge in [0.05, 0.1) is 11.7 Å². The lowest BCUT2D eigenvalue weighted by Crippen LogP contribution is -2.13. The average Bonchev–Trinajstić information content (AvgIpc) is 2.55. The molecular formula is C8H14ClN3. The molecule has 1 aliphatic heterocycles. The zero-order valence-corrected chi connectivity index (χ0v) is 7.97. The third-order valence-electron chi connectivity index (χ3n) is 2.15. The van der Waals surface area contributed by atoms with Gasteiger partial charge in [-0.3, -0.25) is 4.68 Å². The second-order valence-corrected chi connectivity index (χ2v) is 3.06. The van der Waals surface area contributed by atoms with Gasteiger partial charge >= 0.3 is 0 Å². The van der Waals surface area contributed by atoms with E-state index in [0.717, 1.165) is 6.54 Å². The number of halogens is 1. The highest BCUT2D eigenvalue weighted by atomic mass is 35.5. The van der Waals surface area contributed by atoms with Crippen LogP contribution in [-0.4, -0.2) is 16.3 Å². The molecule has 1 N–H and O–H groups in total. The molecule has 0 spiro atoms. The summed E-state index contributed by atoms with van der Waals surface area (Å²) >= 11 is 0. The lowest BCUT2D eigenvalue weighted by Gasteiger charge is -2.04. The Balaban J connectivity index is 0.000000720. The van der Waals surface area contributed by atoms with Crippen LogP contribution in [0.2, 0.25) is 0 Å². The summed E-state index contributed by atoms with van der Waals surface area (Å²) < 4.78 is 1.86. The van der Waals surface area contributed by atoms with E-state index in [-0.39, 0.29) is 12.4 Å². The second kappa shape index (κ2) is 3.92. The Labute approximate surface area is 78.6 Å². The lowest BCUT2D eigenvalue weighted by atomic mass is 10.2. The maximum absolute atomic E-state index is 4.35. The maximum Gasteiger partial charge on any atom is 0.0793 e. The minimum atomic E-state index is 0. The van der Waals surface area contributed by atoms with Crippen molar-refractivity contribution in [1.82, 2.24) is 15.1 Å². The molecule has 3 nitrogen and oxygen atoms in total. The van der Waals surface area contributed by atoms with Crippen molar-refractivity contribution in [1.29, 1.82) is 0 Å². The molecule has 1 unspecified atom stereocenters. The number of hydrogen-bond donors (Lipinski definition) is 1. The van der Waals surface area contributed by atoms with Gasteiger partial charge in [-0.25, -0.2) is 0 Å². The zero-order chi connectivity index (χ0) is 7.68. The summed E-state index contributed by atoms with van der Waals surface area (Å²) in [5, 5.41) is 7.76. The molecule has 1 fully saturated rings. The fraction of sp³-hybridized carbons (Fsp3) is 0.625. The van der Waals surface area contributed by atoms with Gasteiger partial charge in [0.1, 0.15) is 0 Å². The third kappa shape index (κ3) is 1.79. The summed E-state index contributed by atoms with van der Waals surface area (Å²) in [4.78, 5) is 0. The first-order valence-electron chi connectivity index (χ1n) is 4.09. The topological polar surface area (TPSA) is 29.9 Å². The van der Waals surface area contributed by atoms with Crippen LogP contribution in [0.3, 0.4) is 0 Å². The molecule has 12 heavy (non-hydrogen) atoms. The third-order valence-corrected chi connectivity index (χ3v) is 2.15. The first-order chi connectivity index (χ1) is 5.36. The van der Waals surface area contributed by atoms with E-state index in [1.165, 1.54) is 18.5 Å². The van der Waals surface area contributed by atoms with Crippen molar-refractivity contribution >= 4 is 12.4 Å². The van der Waals surface area contributed by atoms with Crippen LogP contribution in [0.15, 0.2) is 12.3 Å². The molecule has 0 saturated carbocycles. The molecule has 0 amide bonds. The molecule has 0 radical (unpaired) electrons. The average molecular weight is 188 g/mol. The van der Waals surface area contributed by atoms with Crippen LogP contribution in [0.4, 0.5) is 0 Å². The number of aryl methyl sites for hydroxylation is 1. The molecule has 0 bridgehead atoms. The van der Waals surface area contributed by atoms with E-state index in [9.17, 15) is 0 Å². The number of nitrogens with one attached hydrogen (secondary N) is 1. The Kier molecular flexibility index (Phi) is 3.12. The van der Waals surface area contributed by atoms with E-state index in [4.69, 9.17) is 0 Å². The van der Waals surface area contributed by atoms with E-state index in [2.05, 4.69) is 16.5 Å². The monoisotopic (exact) mass is 187 g/mol. The molecular weight excluding hydrogens is 174 g/mol. The van der Waals surface area contributed by atoms with Crippen LogP contribution in [0, 0.1) is 0 Å². The molecule has 2 rings (SSSR count). The smallest absolute Gasteiger partial charge is 0.0793 e. The van der Waals surface area contributed by atoms with Crippen molar-refractivity contribution in [2.24, 2.45) is 7.05 Å². The molecule has 1 aromatic rings. The highest BCUT2D eigenvalue weighted by molar-refractivity contribution is 5.85. The molecule has 1 saturated heterocycles. The Hall–Kier alpha value is -0.540. The largest absolute Gasteiger partial charge is 0.309 e. The van der Waals surface area contributed by atoms with Crippen molar-refractivity contribution in [3.8, 4) is 0 Å². The summed E-state index contributed by atoms with van der Waals surface area (Å²) in [5.41, 5.74) is 1.19. The Morgan fingerprint density at radius 2 is 2.50 bits per heavy atom. The molecule has 1 aromatic heterocycles. The van der Waals surface area contributed by atoms with Crippen molar-refractivity contribution in [2.75, 3.05) is 6.54 Å². The molecule has 0 aliphatic carbocycles. The van der Waals surface area contributed by atoms with Gasteiger partial charge in [-0.2, -0.15) is 5.10 Å². The number of rotatable bonds is 1. The summed E-state index contributed by atoms with van der Waals surface area (Å²) in [6.45, 7) is 1.14. The number of hydrogen-bond acceptors (Lipinski definition) is 2. The van der Waals surface area contributed by atoms with Gasteiger partial charge < -0.3 is 5.32 Å². The van der Waals surface area contributed by atoms with Gasteiger partial charge in [0.2, 0.25) is 0 Å². The predicted octanol–water partition coefficient (Wildman–Crippen LogP) is 1.27.